The molecule has 0 saturated heterocycles. The van der Waals surface area contributed by atoms with Crippen LogP contribution in [0.2, 0.25) is 0 Å². The van der Waals surface area contributed by atoms with Gasteiger partial charge in [-0.25, -0.2) is 4.98 Å². The van der Waals surface area contributed by atoms with E-state index in [4.69, 9.17) is 9.15 Å². The summed E-state index contributed by atoms with van der Waals surface area (Å²) in [5.74, 6) is 0.996. The summed E-state index contributed by atoms with van der Waals surface area (Å²) in [5.41, 5.74) is 1.29. The monoisotopic (exact) mass is 338 g/mol. The van der Waals surface area contributed by atoms with Crippen molar-refractivity contribution in [2.45, 2.75) is 26.3 Å². The molecule has 25 heavy (non-hydrogen) atoms. The minimum Gasteiger partial charge on any atom is -0.480 e. The summed E-state index contributed by atoms with van der Waals surface area (Å²) in [5, 5.41) is 1.03. The van der Waals surface area contributed by atoms with Crippen molar-refractivity contribution in [2.75, 3.05) is 13.7 Å². The zero-order valence-electron chi connectivity index (χ0n) is 14.7. The van der Waals surface area contributed by atoms with E-state index in [1.165, 1.54) is 7.11 Å². The Morgan fingerprint density at radius 3 is 2.80 bits per heavy atom. The number of hydrogen-bond donors (Lipinski definition) is 0. The lowest BCUT2D eigenvalue weighted by molar-refractivity contribution is 0.0668. The van der Waals surface area contributed by atoms with Crippen LogP contribution in [0.4, 0.5) is 0 Å². The molecule has 2 aromatic heterocycles. The first-order valence-electron chi connectivity index (χ1n) is 8.44. The molecule has 0 N–H and O–H groups in total. The highest BCUT2D eigenvalue weighted by Gasteiger charge is 2.27. The van der Waals surface area contributed by atoms with E-state index in [-0.39, 0.29) is 11.9 Å². The first-order chi connectivity index (χ1) is 12.2. The van der Waals surface area contributed by atoms with Crippen molar-refractivity contribution in [1.29, 1.82) is 0 Å². The van der Waals surface area contributed by atoms with E-state index in [2.05, 4.69) is 4.98 Å². The van der Waals surface area contributed by atoms with E-state index in [0.717, 1.165) is 23.2 Å². The van der Waals surface area contributed by atoms with E-state index < -0.39 is 0 Å². The Kier molecular flexibility index (Phi) is 5.03. The van der Waals surface area contributed by atoms with Crippen LogP contribution >= 0.6 is 0 Å². The van der Waals surface area contributed by atoms with Gasteiger partial charge in [0.2, 0.25) is 5.88 Å². The third-order valence-corrected chi connectivity index (χ3v) is 4.24. The SMILES string of the molecule is CCCN(C(=O)c1cccnc1OC)C(C)c1cc2ccccc2o1. The Bertz CT molecular complexity index is 839. The van der Waals surface area contributed by atoms with Gasteiger partial charge in [0.15, 0.2) is 0 Å². The van der Waals surface area contributed by atoms with Crippen LogP contribution in [0.5, 0.6) is 5.88 Å². The molecule has 0 radical (unpaired) electrons. The Labute approximate surface area is 147 Å². The third-order valence-electron chi connectivity index (χ3n) is 4.24. The van der Waals surface area contributed by atoms with Crippen LogP contribution in [0.1, 0.15) is 42.4 Å². The standard InChI is InChI=1S/C20H22N2O3/c1-4-12-22(20(23)16-9-7-11-21-19(16)24-3)14(2)18-13-15-8-5-6-10-17(15)25-18/h5-11,13-14H,4,12H2,1-3H3. The highest BCUT2D eigenvalue weighted by Crippen LogP contribution is 2.29. The molecule has 1 atom stereocenters. The average molecular weight is 338 g/mol. The molecule has 0 fully saturated rings. The quantitative estimate of drug-likeness (QED) is 0.666. The highest BCUT2D eigenvalue weighted by molar-refractivity contribution is 5.96. The molecule has 0 bridgehead atoms. The maximum absolute atomic E-state index is 13.1. The maximum atomic E-state index is 13.1. The van der Waals surface area contributed by atoms with Crippen LogP contribution in [-0.2, 0) is 0 Å². The number of ether oxygens (including phenoxy) is 1. The molecule has 1 amide bonds. The lowest BCUT2D eigenvalue weighted by Gasteiger charge is -2.28. The molecule has 2 heterocycles. The van der Waals surface area contributed by atoms with Crippen molar-refractivity contribution >= 4 is 16.9 Å². The van der Waals surface area contributed by atoms with Gasteiger partial charge in [0.1, 0.15) is 16.9 Å². The summed E-state index contributed by atoms with van der Waals surface area (Å²) in [6.45, 7) is 4.65. The molecule has 5 heteroatoms. The van der Waals surface area contributed by atoms with Crippen molar-refractivity contribution in [3.8, 4) is 5.88 Å². The van der Waals surface area contributed by atoms with Gasteiger partial charge in [-0.05, 0) is 37.6 Å². The smallest absolute Gasteiger partial charge is 0.259 e. The zero-order valence-corrected chi connectivity index (χ0v) is 14.7. The van der Waals surface area contributed by atoms with Crippen LogP contribution < -0.4 is 4.74 Å². The number of aromatic nitrogens is 1. The van der Waals surface area contributed by atoms with Gasteiger partial charge in [-0.15, -0.1) is 0 Å². The maximum Gasteiger partial charge on any atom is 0.259 e. The summed E-state index contributed by atoms with van der Waals surface area (Å²) >= 11 is 0. The minimum absolute atomic E-state index is 0.111. The predicted octanol–water partition coefficient (Wildman–Crippen LogP) is 4.45. The summed E-state index contributed by atoms with van der Waals surface area (Å²) in [6.07, 6.45) is 2.46. The van der Waals surface area contributed by atoms with Crippen LogP contribution in [0.3, 0.4) is 0 Å². The van der Waals surface area contributed by atoms with Crippen molar-refractivity contribution < 1.29 is 13.9 Å². The van der Waals surface area contributed by atoms with Crippen molar-refractivity contribution in [1.82, 2.24) is 9.88 Å². The number of carbonyl (C=O) groups excluding carboxylic acids is 1. The van der Waals surface area contributed by atoms with Crippen molar-refractivity contribution in [3.63, 3.8) is 0 Å². The molecule has 0 aliphatic carbocycles. The molecule has 0 spiro atoms. The van der Waals surface area contributed by atoms with Gasteiger partial charge in [0.05, 0.1) is 13.2 Å². The van der Waals surface area contributed by atoms with Gasteiger partial charge in [0.25, 0.3) is 5.91 Å². The second-order valence-electron chi connectivity index (χ2n) is 5.92. The third kappa shape index (κ3) is 3.36. The zero-order chi connectivity index (χ0) is 17.8. The lowest BCUT2D eigenvalue weighted by atomic mass is 10.1. The number of hydrogen-bond acceptors (Lipinski definition) is 4. The van der Waals surface area contributed by atoms with E-state index in [1.807, 2.05) is 44.2 Å². The van der Waals surface area contributed by atoms with Gasteiger partial charge in [0, 0.05) is 18.1 Å². The Morgan fingerprint density at radius 1 is 1.28 bits per heavy atom. The lowest BCUT2D eigenvalue weighted by Crippen LogP contribution is -2.34. The number of amides is 1. The number of furan rings is 1. The number of nitrogens with zero attached hydrogens (tertiary/aromatic N) is 2. The molecule has 3 aromatic rings. The number of fused-ring (bicyclic) bond motifs is 1. The second-order valence-corrected chi connectivity index (χ2v) is 5.92. The molecule has 5 nitrogen and oxygen atoms in total. The Hall–Kier alpha value is -2.82. The molecule has 3 rings (SSSR count). The molecular formula is C20H22N2O3. The first kappa shape index (κ1) is 17.0. The molecule has 0 aliphatic heterocycles. The van der Waals surface area contributed by atoms with Crippen molar-refractivity contribution in [3.05, 3.63) is 60.0 Å². The molecule has 1 unspecified atom stereocenters. The summed E-state index contributed by atoms with van der Waals surface area (Å²) < 4.78 is 11.2. The summed E-state index contributed by atoms with van der Waals surface area (Å²) in [7, 11) is 1.52. The van der Waals surface area contributed by atoms with Gasteiger partial charge >= 0.3 is 0 Å². The average Bonchev–Trinajstić information content (AvgIpc) is 3.09. The number of rotatable bonds is 6. The van der Waals surface area contributed by atoms with Crippen LogP contribution in [0.25, 0.3) is 11.0 Å². The van der Waals surface area contributed by atoms with Gasteiger partial charge < -0.3 is 14.1 Å². The summed E-state index contributed by atoms with van der Waals surface area (Å²) in [4.78, 5) is 19.0. The normalized spacial score (nSPS) is 12.1. The number of benzene rings is 1. The molecule has 0 aliphatic rings. The topological polar surface area (TPSA) is 55.6 Å². The molecule has 130 valence electrons. The van der Waals surface area contributed by atoms with Gasteiger partial charge in [-0.3, -0.25) is 4.79 Å². The van der Waals surface area contributed by atoms with Gasteiger partial charge in [-0.1, -0.05) is 25.1 Å². The highest BCUT2D eigenvalue weighted by atomic mass is 16.5. The van der Waals surface area contributed by atoms with E-state index in [9.17, 15) is 4.79 Å². The van der Waals surface area contributed by atoms with E-state index in [0.29, 0.717) is 18.0 Å². The van der Waals surface area contributed by atoms with Gasteiger partial charge in [-0.2, -0.15) is 0 Å². The van der Waals surface area contributed by atoms with Crippen LogP contribution in [0, 0.1) is 0 Å². The number of pyridine rings is 1. The Morgan fingerprint density at radius 2 is 2.08 bits per heavy atom. The minimum atomic E-state index is -0.190. The molecule has 1 aromatic carbocycles. The molecule has 0 saturated carbocycles. The second kappa shape index (κ2) is 7.38. The fourth-order valence-electron chi connectivity index (χ4n) is 2.94. The van der Waals surface area contributed by atoms with E-state index >= 15 is 0 Å². The van der Waals surface area contributed by atoms with E-state index in [1.54, 1.807) is 23.2 Å². The van der Waals surface area contributed by atoms with Crippen LogP contribution in [0.15, 0.2) is 53.1 Å². The fourth-order valence-corrected chi connectivity index (χ4v) is 2.94. The number of methoxy groups -OCH3 is 1. The fraction of sp³-hybridized carbons (Fsp3) is 0.300. The van der Waals surface area contributed by atoms with Crippen molar-refractivity contribution in [2.24, 2.45) is 0 Å². The van der Waals surface area contributed by atoms with Crippen LogP contribution in [-0.4, -0.2) is 29.4 Å². The summed E-state index contributed by atoms with van der Waals surface area (Å²) in [6, 6.07) is 13.1. The number of carbonyl (C=O) groups is 1. The largest absolute Gasteiger partial charge is 0.480 e. The Balaban J connectivity index is 1.95. The first-order valence-corrected chi connectivity index (χ1v) is 8.44. The molecular weight excluding hydrogens is 316 g/mol. The predicted molar refractivity (Wildman–Crippen MR) is 96.7 cm³/mol. The number of para-hydroxylation sites is 1.